The van der Waals surface area contributed by atoms with Gasteiger partial charge in [-0.3, -0.25) is 25.6 Å². The molecule has 1 unspecified atom stereocenters. The topological polar surface area (TPSA) is 159 Å². The molecule has 0 spiro atoms. The van der Waals surface area contributed by atoms with Crippen molar-refractivity contribution >= 4 is 22.1 Å². The maximum Gasteiger partial charge on any atom is 0.329 e. The van der Waals surface area contributed by atoms with Crippen molar-refractivity contribution in [1.29, 1.82) is 0 Å². The second-order valence-electron chi connectivity index (χ2n) is 5.31. The average molecular weight is 312 g/mol. The fourth-order valence-corrected chi connectivity index (χ4v) is 1.76. The maximum atomic E-state index is 11.6. The van der Waals surface area contributed by atoms with Crippen LogP contribution >= 0.6 is 0 Å². The lowest BCUT2D eigenvalue weighted by molar-refractivity contribution is -0.162. The molecule has 0 aromatic rings. The van der Waals surface area contributed by atoms with Crippen LogP contribution in [0.5, 0.6) is 0 Å². The SMILES string of the molecule is CC(C)(N)OC(=O)CC(C(=O)OC(C)(C)N)S(=O)(=O)O. The van der Waals surface area contributed by atoms with E-state index in [9.17, 15) is 18.0 Å². The first kappa shape index (κ1) is 18.8. The molecule has 0 bridgehead atoms. The van der Waals surface area contributed by atoms with Crippen molar-refractivity contribution in [3.63, 3.8) is 0 Å². The van der Waals surface area contributed by atoms with Gasteiger partial charge in [0.1, 0.15) is 0 Å². The Morgan fingerprint density at radius 2 is 1.50 bits per heavy atom. The number of hydrogen-bond donors (Lipinski definition) is 3. The normalized spacial score (nSPS) is 14.6. The first-order valence-corrected chi connectivity index (χ1v) is 7.11. The van der Waals surface area contributed by atoms with E-state index in [1.54, 1.807) is 0 Å². The second-order valence-corrected chi connectivity index (χ2v) is 6.91. The molecule has 0 aliphatic heterocycles. The summed E-state index contributed by atoms with van der Waals surface area (Å²) < 4.78 is 40.5. The van der Waals surface area contributed by atoms with E-state index in [1.165, 1.54) is 27.7 Å². The first-order valence-electron chi connectivity index (χ1n) is 5.60. The third-order valence-electron chi connectivity index (χ3n) is 1.72. The van der Waals surface area contributed by atoms with Crippen molar-refractivity contribution < 1.29 is 32.0 Å². The molecule has 0 heterocycles. The van der Waals surface area contributed by atoms with Crippen LogP contribution in [0.2, 0.25) is 0 Å². The summed E-state index contributed by atoms with van der Waals surface area (Å²) >= 11 is 0. The molecule has 0 fully saturated rings. The summed E-state index contributed by atoms with van der Waals surface area (Å²) in [5.41, 5.74) is 7.99. The van der Waals surface area contributed by atoms with Gasteiger partial charge in [0.05, 0.1) is 6.42 Å². The molecular formula is C10H20N2O7S. The lowest BCUT2D eigenvalue weighted by atomic mass is 10.2. The Morgan fingerprint density at radius 1 is 1.10 bits per heavy atom. The third kappa shape index (κ3) is 8.04. The van der Waals surface area contributed by atoms with Gasteiger partial charge in [0, 0.05) is 0 Å². The number of carbonyl (C=O) groups is 2. The molecule has 118 valence electrons. The fraction of sp³-hybridized carbons (Fsp3) is 0.800. The van der Waals surface area contributed by atoms with Gasteiger partial charge in [0.25, 0.3) is 10.1 Å². The van der Waals surface area contributed by atoms with E-state index in [2.05, 4.69) is 9.47 Å². The van der Waals surface area contributed by atoms with E-state index in [0.717, 1.165) is 0 Å². The van der Waals surface area contributed by atoms with Crippen LogP contribution in [-0.2, 0) is 29.2 Å². The van der Waals surface area contributed by atoms with Crippen LogP contribution < -0.4 is 11.5 Å². The summed E-state index contributed by atoms with van der Waals surface area (Å²) in [5.74, 6) is -2.43. The summed E-state index contributed by atoms with van der Waals surface area (Å²) in [6.07, 6.45) is -0.936. The highest BCUT2D eigenvalue weighted by Crippen LogP contribution is 2.13. The zero-order valence-electron chi connectivity index (χ0n) is 11.7. The molecule has 0 amide bonds. The highest BCUT2D eigenvalue weighted by molar-refractivity contribution is 7.87. The molecule has 0 saturated heterocycles. The summed E-state index contributed by atoms with van der Waals surface area (Å²) in [5, 5.41) is -2.12. The van der Waals surface area contributed by atoms with Crippen molar-refractivity contribution in [1.82, 2.24) is 0 Å². The highest BCUT2D eigenvalue weighted by atomic mass is 32.2. The Hall–Kier alpha value is -1.23. The monoisotopic (exact) mass is 312 g/mol. The van der Waals surface area contributed by atoms with Gasteiger partial charge in [-0.15, -0.1) is 0 Å². The number of rotatable bonds is 6. The lowest BCUT2D eigenvalue weighted by Gasteiger charge is -2.23. The Bertz CT molecular complexity index is 473. The van der Waals surface area contributed by atoms with Crippen LogP contribution in [0.25, 0.3) is 0 Å². The molecule has 0 aliphatic carbocycles. The van der Waals surface area contributed by atoms with Gasteiger partial charge in [-0.1, -0.05) is 0 Å². The minimum absolute atomic E-state index is 0.936. The summed E-state index contributed by atoms with van der Waals surface area (Å²) in [6, 6.07) is 0. The van der Waals surface area contributed by atoms with Gasteiger partial charge < -0.3 is 9.47 Å². The molecule has 1 atom stereocenters. The van der Waals surface area contributed by atoms with E-state index >= 15 is 0 Å². The lowest BCUT2D eigenvalue weighted by Crippen LogP contribution is -2.45. The van der Waals surface area contributed by atoms with E-state index in [4.69, 9.17) is 16.0 Å². The van der Waals surface area contributed by atoms with Crippen LogP contribution in [0.15, 0.2) is 0 Å². The maximum absolute atomic E-state index is 11.6. The van der Waals surface area contributed by atoms with E-state index in [1.807, 2.05) is 0 Å². The average Bonchev–Trinajstić information content (AvgIpc) is 2.05. The van der Waals surface area contributed by atoms with E-state index < -0.39 is 45.2 Å². The largest absolute Gasteiger partial charge is 0.445 e. The van der Waals surface area contributed by atoms with Crippen LogP contribution in [0.4, 0.5) is 0 Å². The molecular weight excluding hydrogens is 292 g/mol. The smallest absolute Gasteiger partial charge is 0.329 e. The van der Waals surface area contributed by atoms with E-state index in [0.29, 0.717) is 0 Å². The van der Waals surface area contributed by atoms with Gasteiger partial charge in [0.2, 0.25) is 0 Å². The summed E-state index contributed by atoms with van der Waals surface area (Å²) in [7, 11) is -4.86. The van der Waals surface area contributed by atoms with Crippen molar-refractivity contribution in [2.75, 3.05) is 0 Å². The zero-order valence-corrected chi connectivity index (χ0v) is 12.6. The molecule has 9 nitrogen and oxygen atoms in total. The Kier molecular flexibility index (Phi) is 5.67. The van der Waals surface area contributed by atoms with Gasteiger partial charge in [-0.2, -0.15) is 8.42 Å². The van der Waals surface area contributed by atoms with Crippen molar-refractivity contribution in [2.45, 2.75) is 50.8 Å². The van der Waals surface area contributed by atoms with Crippen LogP contribution in [-0.4, -0.2) is 41.6 Å². The van der Waals surface area contributed by atoms with Crippen LogP contribution in [0, 0.1) is 0 Å². The molecule has 5 N–H and O–H groups in total. The van der Waals surface area contributed by atoms with Gasteiger partial charge in [0.15, 0.2) is 16.7 Å². The minimum Gasteiger partial charge on any atom is -0.445 e. The molecule has 0 rings (SSSR count). The fourth-order valence-electron chi connectivity index (χ4n) is 1.12. The van der Waals surface area contributed by atoms with Crippen molar-refractivity contribution in [3.05, 3.63) is 0 Å². The standard InChI is InChI=1S/C10H20N2O7S/c1-9(2,11)18-7(13)5-6(20(15,16)17)8(14)19-10(3,4)12/h6H,5,11-12H2,1-4H3,(H,15,16,17). The third-order valence-corrected chi connectivity index (χ3v) is 2.79. The Morgan fingerprint density at radius 3 is 1.80 bits per heavy atom. The summed E-state index contributed by atoms with van der Waals surface area (Å²) in [6.45, 7) is 5.31. The van der Waals surface area contributed by atoms with Gasteiger partial charge in [-0.25, -0.2) is 0 Å². The highest BCUT2D eigenvalue weighted by Gasteiger charge is 2.38. The van der Waals surface area contributed by atoms with E-state index in [-0.39, 0.29) is 0 Å². The van der Waals surface area contributed by atoms with Crippen molar-refractivity contribution in [2.24, 2.45) is 11.5 Å². The number of ether oxygens (including phenoxy) is 2. The number of nitrogens with two attached hydrogens (primary N) is 2. The number of esters is 2. The van der Waals surface area contributed by atoms with Crippen molar-refractivity contribution in [3.8, 4) is 0 Å². The Balaban J connectivity index is 5.03. The molecule has 10 heteroatoms. The van der Waals surface area contributed by atoms with Crippen LogP contribution in [0.1, 0.15) is 34.1 Å². The minimum atomic E-state index is -4.86. The summed E-state index contributed by atoms with van der Waals surface area (Å²) in [4.78, 5) is 23.1. The molecule has 0 aromatic heterocycles. The molecule has 0 aliphatic rings. The Labute approximate surface area is 117 Å². The van der Waals surface area contributed by atoms with Gasteiger partial charge in [-0.05, 0) is 27.7 Å². The quantitative estimate of drug-likeness (QED) is 0.321. The number of hydrogen-bond acceptors (Lipinski definition) is 8. The molecule has 20 heavy (non-hydrogen) atoms. The zero-order chi connectivity index (χ0) is 16.4. The molecule has 0 saturated carbocycles. The predicted octanol–water partition coefficient (Wildman–Crippen LogP) is -0.891. The predicted molar refractivity (Wildman–Crippen MR) is 68.7 cm³/mol. The second kappa shape index (κ2) is 6.04. The van der Waals surface area contributed by atoms with Gasteiger partial charge >= 0.3 is 11.9 Å². The number of carbonyl (C=O) groups excluding carboxylic acids is 2. The van der Waals surface area contributed by atoms with Crippen LogP contribution in [0.3, 0.4) is 0 Å². The molecule has 0 radical (unpaired) electrons. The first-order chi connectivity index (χ1) is 8.62. The molecule has 0 aromatic carbocycles.